The molecule has 1 amide bonds. The van der Waals surface area contributed by atoms with E-state index in [0.717, 1.165) is 60.2 Å². The van der Waals surface area contributed by atoms with Crippen LogP contribution in [0.4, 0.5) is 11.4 Å². The predicted octanol–water partition coefficient (Wildman–Crippen LogP) is 3.69. The van der Waals surface area contributed by atoms with Gasteiger partial charge >= 0.3 is 0 Å². The number of carbonyl (C=O) groups excluding carboxylic acids is 1. The standard InChI is InChI=1S/C23H24ClN5O/c24-16-5-6-22-20(11-16)19(8-10-29(22)14-17-7-9-26-28-17)23(30)27-21-13-25-12-15-3-1-2-4-18(15)21/h1-6,11-13,17,19,26,28H,7-10,14H2,(H,27,30). The van der Waals surface area contributed by atoms with Crippen molar-refractivity contribution in [2.24, 2.45) is 0 Å². The van der Waals surface area contributed by atoms with Gasteiger partial charge in [0.25, 0.3) is 0 Å². The normalized spacial score (nSPS) is 20.9. The number of anilines is 2. The highest BCUT2D eigenvalue weighted by Crippen LogP contribution is 2.38. The Bertz CT molecular complexity index is 1080. The van der Waals surface area contributed by atoms with E-state index < -0.39 is 0 Å². The van der Waals surface area contributed by atoms with Gasteiger partial charge in [-0.25, -0.2) is 0 Å². The number of fused-ring (bicyclic) bond motifs is 2. The molecular weight excluding hydrogens is 398 g/mol. The van der Waals surface area contributed by atoms with Gasteiger partial charge in [0.15, 0.2) is 0 Å². The smallest absolute Gasteiger partial charge is 0.232 e. The van der Waals surface area contributed by atoms with Crippen LogP contribution in [0.1, 0.15) is 24.3 Å². The van der Waals surface area contributed by atoms with Gasteiger partial charge in [0.1, 0.15) is 0 Å². The van der Waals surface area contributed by atoms with E-state index in [1.807, 2.05) is 48.7 Å². The number of rotatable bonds is 4. The Kier molecular flexibility index (Phi) is 5.29. The molecule has 0 bridgehead atoms. The fourth-order valence-corrected chi connectivity index (χ4v) is 4.67. The monoisotopic (exact) mass is 421 g/mol. The number of carbonyl (C=O) groups is 1. The molecule has 0 saturated carbocycles. The molecule has 154 valence electrons. The number of benzene rings is 2. The Hall–Kier alpha value is -2.67. The molecule has 6 nitrogen and oxygen atoms in total. The molecule has 3 N–H and O–H groups in total. The second-order valence-electron chi connectivity index (χ2n) is 7.94. The molecule has 1 fully saturated rings. The molecule has 2 aliphatic heterocycles. The minimum Gasteiger partial charge on any atom is -0.370 e. The third-order valence-corrected chi connectivity index (χ3v) is 6.24. The van der Waals surface area contributed by atoms with Gasteiger partial charge in [0, 0.05) is 53.4 Å². The summed E-state index contributed by atoms with van der Waals surface area (Å²) in [6.45, 7) is 2.72. The highest BCUT2D eigenvalue weighted by molar-refractivity contribution is 6.30. The maximum atomic E-state index is 13.3. The van der Waals surface area contributed by atoms with Gasteiger partial charge in [-0.05, 0) is 36.6 Å². The van der Waals surface area contributed by atoms with Crippen molar-refractivity contribution in [3.05, 3.63) is 65.4 Å². The summed E-state index contributed by atoms with van der Waals surface area (Å²) >= 11 is 6.32. The van der Waals surface area contributed by atoms with Crippen LogP contribution in [0.2, 0.25) is 5.02 Å². The number of pyridine rings is 1. The Morgan fingerprint density at radius 1 is 1.20 bits per heavy atom. The van der Waals surface area contributed by atoms with Gasteiger partial charge in [0.2, 0.25) is 5.91 Å². The second kappa shape index (κ2) is 8.22. The molecule has 0 aliphatic carbocycles. The fourth-order valence-electron chi connectivity index (χ4n) is 4.49. The van der Waals surface area contributed by atoms with Crippen molar-refractivity contribution in [2.75, 3.05) is 29.9 Å². The van der Waals surface area contributed by atoms with E-state index in [4.69, 9.17) is 11.6 Å². The first-order chi connectivity index (χ1) is 14.7. The van der Waals surface area contributed by atoms with E-state index in [0.29, 0.717) is 11.1 Å². The van der Waals surface area contributed by atoms with Crippen LogP contribution in [-0.2, 0) is 4.79 Å². The van der Waals surface area contributed by atoms with E-state index in [1.54, 1.807) is 6.20 Å². The highest BCUT2D eigenvalue weighted by atomic mass is 35.5. The van der Waals surface area contributed by atoms with Crippen molar-refractivity contribution in [1.82, 2.24) is 15.8 Å². The van der Waals surface area contributed by atoms with Crippen LogP contribution in [0.3, 0.4) is 0 Å². The van der Waals surface area contributed by atoms with Gasteiger partial charge in [0.05, 0.1) is 17.8 Å². The Labute approximate surface area is 180 Å². The number of nitrogens with zero attached hydrogens (tertiary/aromatic N) is 2. The van der Waals surface area contributed by atoms with Crippen molar-refractivity contribution in [2.45, 2.75) is 24.8 Å². The highest BCUT2D eigenvalue weighted by Gasteiger charge is 2.32. The second-order valence-corrected chi connectivity index (χ2v) is 8.38. The largest absolute Gasteiger partial charge is 0.370 e. The number of halogens is 1. The number of hydrogen-bond acceptors (Lipinski definition) is 5. The summed E-state index contributed by atoms with van der Waals surface area (Å²) in [5, 5.41) is 5.77. The number of hydrazine groups is 1. The van der Waals surface area contributed by atoms with Crippen LogP contribution in [0.5, 0.6) is 0 Å². The van der Waals surface area contributed by atoms with Crippen molar-refractivity contribution in [3.63, 3.8) is 0 Å². The zero-order chi connectivity index (χ0) is 20.5. The molecular formula is C23H24ClN5O. The quantitative estimate of drug-likeness (QED) is 0.599. The maximum Gasteiger partial charge on any atom is 0.232 e. The first-order valence-electron chi connectivity index (χ1n) is 10.4. The topological polar surface area (TPSA) is 69.3 Å². The molecule has 5 rings (SSSR count). The molecule has 1 saturated heterocycles. The molecule has 7 heteroatoms. The summed E-state index contributed by atoms with van der Waals surface area (Å²) in [7, 11) is 0. The van der Waals surface area contributed by atoms with Gasteiger partial charge in [-0.1, -0.05) is 35.9 Å². The lowest BCUT2D eigenvalue weighted by Gasteiger charge is -2.36. The van der Waals surface area contributed by atoms with Gasteiger partial charge in [-0.15, -0.1) is 0 Å². The minimum atomic E-state index is -0.247. The van der Waals surface area contributed by atoms with Gasteiger partial charge in [-0.3, -0.25) is 20.6 Å². The van der Waals surface area contributed by atoms with Crippen LogP contribution < -0.4 is 21.1 Å². The Balaban J connectivity index is 1.42. The lowest BCUT2D eigenvalue weighted by Crippen LogP contribution is -2.43. The summed E-state index contributed by atoms with van der Waals surface area (Å²) in [6.07, 6.45) is 5.37. The number of hydrogen-bond donors (Lipinski definition) is 3. The minimum absolute atomic E-state index is 0.0167. The van der Waals surface area contributed by atoms with Crippen molar-refractivity contribution >= 4 is 39.7 Å². The molecule has 30 heavy (non-hydrogen) atoms. The first-order valence-corrected chi connectivity index (χ1v) is 10.7. The van der Waals surface area contributed by atoms with E-state index >= 15 is 0 Å². The van der Waals surface area contributed by atoms with E-state index in [1.165, 1.54) is 0 Å². The lowest BCUT2D eigenvalue weighted by atomic mass is 9.88. The predicted molar refractivity (Wildman–Crippen MR) is 121 cm³/mol. The fraction of sp³-hybridized carbons (Fsp3) is 0.304. The Morgan fingerprint density at radius 2 is 2.10 bits per heavy atom. The van der Waals surface area contributed by atoms with Crippen molar-refractivity contribution in [1.29, 1.82) is 0 Å². The van der Waals surface area contributed by atoms with Crippen LogP contribution in [0.25, 0.3) is 10.8 Å². The average molecular weight is 422 g/mol. The summed E-state index contributed by atoms with van der Waals surface area (Å²) in [4.78, 5) is 20.0. The number of aromatic nitrogens is 1. The lowest BCUT2D eigenvalue weighted by molar-refractivity contribution is -0.117. The van der Waals surface area contributed by atoms with E-state index in [9.17, 15) is 4.79 Å². The van der Waals surface area contributed by atoms with E-state index in [2.05, 4.69) is 26.1 Å². The third kappa shape index (κ3) is 3.74. The van der Waals surface area contributed by atoms with Gasteiger partial charge in [-0.2, -0.15) is 0 Å². The van der Waals surface area contributed by atoms with Gasteiger partial charge < -0.3 is 10.2 Å². The maximum absolute atomic E-state index is 13.3. The summed E-state index contributed by atoms with van der Waals surface area (Å²) in [5.74, 6) is -0.263. The first kappa shape index (κ1) is 19.3. The summed E-state index contributed by atoms with van der Waals surface area (Å²) < 4.78 is 0. The molecule has 0 radical (unpaired) electrons. The molecule has 1 aromatic heterocycles. The molecule has 3 aromatic rings. The molecule has 3 heterocycles. The zero-order valence-corrected chi connectivity index (χ0v) is 17.3. The molecule has 2 aliphatic rings. The van der Waals surface area contributed by atoms with Crippen LogP contribution in [0.15, 0.2) is 54.9 Å². The molecule has 2 atom stereocenters. The molecule has 2 unspecified atom stereocenters. The third-order valence-electron chi connectivity index (χ3n) is 6.00. The van der Waals surface area contributed by atoms with Crippen molar-refractivity contribution in [3.8, 4) is 0 Å². The van der Waals surface area contributed by atoms with Crippen molar-refractivity contribution < 1.29 is 4.79 Å². The Morgan fingerprint density at radius 3 is 2.97 bits per heavy atom. The van der Waals surface area contributed by atoms with Crippen LogP contribution in [-0.4, -0.2) is 36.6 Å². The SMILES string of the molecule is O=C(Nc1cncc2ccccc12)C1CCN(CC2CCNN2)c2ccc(Cl)cc21. The van der Waals surface area contributed by atoms with E-state index in [-0.39, 0.29) is 11.8 Å². The summed E-state index contributed by atoms with van der Waals surface area (Å²) in [6, 6.07) is 14.2. The van der Waals surface area contributed by atoms with Crippen LogP contribution >= 0.6 is 11.6 Å². The number of nitrogens with one attached hydrogen (secondary N) is 3. The average Bonchev–Trinajstić information content (AvgIpc) is 3.27. The molecule has 2 aromatic carbocycles. The summed E-state index contributed by atoms with van der Waals surface area (Å²) in [5.41, 5.74) is 9.35. The zero-order valence-electron chi connectivity index (χ0n) is 16.6. The molecule has 0 spiro atoms. The van der Waals surface area contributed by atoms with Crippen LogP contribution in [0, 0.1) is 0 Å². The number of amides is 1.